The van der Waals surface area contributed by atoms with E-state index in [1.165, 1.54) is 25.7 Å². The summed E-state index contributed by atoms with van der Waals surface area (Å²) < 4.78 is 5.52. The van der Waals surface area contributed by atoms with Gasteiger partial charge in [-0.05, 0) is 38.0 Å². The third-order valence-corrected chi connectivity index (χ3v) is 3.56. The van der Waals surface area contributed by atoms with Crippen molar-refractivity contribution >= 4 is 11.9 Å². The van der Waals surface area contributed by atoms with E-state index in [9.17, 15) is 0 Å². The number of ether oxygens (including phenoxy) is 1. The van der Waals surface area contributed by atoms with Crippen molar-refractivity contribution < 1.29 is 4.74 Å². The van der Waals surface area contributed by atoms with E-state index in [0.29, 0.717) is 30.6 Å². The van der Waals surface area contributed by atoms with Crippen LogP contribution in [0, 0.1) is 5.92 Å². The molecule has 7 nitrogen and oxygen atoms in total. The molecule has 0 radical (unpaired) electrons. The summed E-state index contributed by atoms with van der Waals surface area (Å²) in [4.78, 5) is 15.3. The Labute approximate surface area is 118 Å². The van der Waals surface area contributed by atoms with Crippen LogP contribution in [0.25, 0.3) is 0 Å². The molecule has 2 saturated carbocycles. The lowest BCUT2D eigenvalue weighted by atomic mass is 10.3. The topological polar surface area (TPSA) is 89.2 Å². The van der Waals surface area contributed by atoms with Crippen LogP contribution in [0.5, 0.6) is 6.01 Å². The monoisotopic (exact) mass is 278 g/mol. The molecule has 2 fully saturated rings. The maximum absolute atomic E-state index is 5.52. The minimum Gasteiger partial charge on any atom is -0.463 e. The van der Waals surface area contributed by atoms with Crippen molar-refractivity contribution in [1.82, 2.24) is 15.0 Å². The Morgan fingerprint density at radius 3 is 2.65 bits per heavy atom. The molecule has 3 N–H and O–H groups in total. The molecule has 0 atom stereocenters. The average Bonchev–Trinajstić information content (AvgIpc) is 3.35. The van der Waals surface area contributed by atoms with Gasteiger partial charge in [-0.3, -0.25) is 5.43 Å². The molecule has 2 aliphatic rings. The molecule has 0 aliphatic heterocycles. The van der Waals surface area contributed by atoms with Gasteiger partial charge < -0.3 is 9.64 Å². The first kappa shape index (κ1) is 13.4. The highest BCUT2D eigenvalue weighted by atomic mass is 16.5. The molecule has 7 heteroatoms. The van der Waals surface area contributed by atoms with Crippen molar-refractivity contribution in [3.8, 4) is 6.01 Å². The zero-order chi connectivity index (χ0) is 13.9. The van der Waals surface area contributed by atoms with Gasteiger partial charge in [-0.25, -0.2) is 5.84 Å². The van der Waals surface area contributed by atoms with Crippen molar-refractivity contribution in [3.05, 3.63) is 0 Å². The summed E-state index contributed by atoms with van der Waals surface area (Å²) in [6.45, 7) is 3.68. The van der Waals surface area contributed by atoms with Crippen LogP contribution in [-0.2, 0) is 0 Å². The van der Waals surface area contributed by atoms with Gasteiger partial charge in [0.25, 0.3) is 0 Å². The number of nitrogens with one attached hydrogen (secondary N) is 1. The summed E-state index contributed by atoms with van der Waals surface area (Å²) in [7, 11) is 0. The molecule has 0 spiro atoms. The number of hydrogen-bond donors (Lipinski definition) is 2. The molecule has 0 unspecified atom stereocenters. The fourth-order valence-electron chi connectivity index (χ4n) is 2.16. The summed E-state index contributed by atoms with van der Waals surface area (Å²) in [6.07, 6.45) is 5.98. The quantitative estimate of drug-likeness (QED) is 0.547. The van der Waals surface area contributed by atoms with Crippen molar-refractivity contribution in [2.24, 2.45) is 11.8 Å². The van der Waals surface area contributed by atoms with Crippen molar-refractivity contribution in [2.75, 3.05) is 23.5 Å². The Balaban J connectivity index is 1.80. The van der Waals surface area contributed by atoms with E-state index in [-0.39, 0.29) is 0 Å². The van der Waals surface area contributed by atoms with Gasteiger partial charge in [0.1, 0.15) is 0 Å². The Hall–Kier alpha value is -1.63. The van der Waals surface area contributed by atoms with Crippen LogP contribution >= 0.6 is 0 Å². The minimum absolute atomic E-state index is 0.353. The predicted octanol–water partition coefficient (Wildman–Crippen LogP) is 1.32. The Morgan fingerprint density at radius 1 is 1.25 bits per heavy atom. The van der Waals surface area contributed by atoms with Gasteiger partial charge in [-0.1, -0.05) is 6.92 Å². The van der Waals surface area contributed by atoms with Gasteiger partial charge in [0.2, 0.25) is 11.9 Å². The van der Waals surface area contributed by atoms with Crippen LogP contribution in [0.2, 0.25) is 0 Å². The third kappa shape index (κ3) is 3.27. The van der Waals surface area contributed by atoms with Crippen LogP contribution in [0.4, 0.5) is 11.9 Å². The first-order valence-corrected chi connectivity index (χ1v) is 7.42. The minimum atomic E-state index is 0.353. The summed E-state index contributed by atoms with van der Waals surface area (Å²) in [5.74, 6) is 7.29. The lowest BCUT2D eigenvalue weighted by Gasteiger charge is -2.22. The van der Waals surface area contributed by atoms with Crippen LogP contribution in [0.3, 0.4) is 0 Å². The standard InChI is InChI=1S/C13H22N6O/c1-2-7-20-13-16-11(18-14)15-12(17-13)19(10-5-6-10)8-9-3-4-9/h9-10H,2-8,14H2,1H3,(H,15,16,17,18). The highest BCUT2D eigenvalue weighted by Gasteiger charge is 2.35. The molecule has 1 aromatic heterocycles. The summed E-state index contributed by atoms with van der Waals surface area (Å²) in [5, 5.41) is 0. The zero-order valence-electron chi connectivity index (χ0n) is 11.9. The maximum atomic E-state index is 5.52. The molecule has 0 amide bonds. The number of nitrogens with two attached hydrogens (primary N) is 1. The van der Waals surface area contributed by atoms with Gasteiger partial charge in [0.05, 0.1) is 6.61 Å². The number of aromatic nitrogens is 3. The van der Waals surface area contributed by atoms with Crippen molar-refractivity contribution in [3.63, 3.8) is 0 Å². The van der Waals surface area contributed by atoms with Crippen LogP contribution in [-0.4, -0.2) is 34.1 Å². The van der Waals surface area contributed by atoms with Gasteiger partial charge >= 0.3 is 6.01 Å². The van der Waals surface area contributed by atoms with E-state index in [4.69, 9.17) is 10.6 Å². The second-order valence-electron chi connectivity index (χ2n) is 5.56. The molecule has 0 aromatic carbocycles. The molecule has 20 heavy (non-hydrogen) atoms. The Kier molecular flexibility index (Phi) is 3.86. The number of hydrazine groups is 1. The summed E-state index contributed by atoms with van der Waals surface area (Å²) in [5.41, 5.74) is 2.50. The van der Waals surface area contributed by atoms with Crippen molar-refractivity contribution in [2.45, 2.75) is 45.1 Å². The highest BCUT2D eigenvalue weighted by molar-refractivity contribution is 5.40. The number of nitrogen functional groups attached to an aromatic ring is 1. The fourth-order valence-corrected chi connectivity index (χ4v) is 2.16. The van der Waals surface area contributed by atoms with Crippen LogP contribution in [0.1, 0.15) is 39.0 Å². The SMILES string of the molecule is CCCOc1nc(NN)nc(N(CC2CC2)C2CC2)n1. The number of nitrogens with zero attached hydrogens (tertiary/aromatic N) is 4. The molecule has 0 bridgehead atoms. The lowest BCUT2D eigenvalue weighted by Crippen LogP contribution is -2.30. The second-order valence-corrected chi connectivity index (χ2v) is 5.56. The van der Waals surface area contributed by atoms with Gasteiger partial charge in [0.15, 0.2) is 0 Å². The maximum Gasteiger partial charge on any atom is 0.323 e. The average molecular weight is 278 g/mol. The van der Waals surface area contributed by atoms with Crippen LogP contribution < -0.4 is 20.9 Å². The molecular weight excluding hydrogens is 256 g/mol. The second kappa shape index (κ2) is 5.78. The van der Waals surface area contributed by atoms with Gasteiger partial charge in [-0.15, -0.1) is 0 Å². The van der Waals surface area contributed by atoms with Crippen LogP contribution in [0.15, 0.2) is 0 Å². The molecule has 1 heterocycles. The summed E-state index contributed by atoms with van der Waals surface area (Å²) in [6, 6.07) is 0.925. The smallest absolute Gasteiger partial charge is 0.323 e. The Morgan fingerprint density at radius 2 is 2.05 bits per heavy atom. The van der Waals surface area contributed by atoms with Gasteiger partial charge in [0, 0.05) is 12.6 Å². The largest absolute Gasteiger partial charge is 0.463 e. The predicted molar refractivity (Wildman–Crippen MR) is 76.5 cm³/mol. The van der Waals surface area contributed by atoms with Crippen molar-refractivity contribution in [1.29, 1.82) is 0 Å². The molecule has 110 valence electrons. The van der Waals surface area contributed by atoms with E-state index in [1.54, 1.807) is 0 Å². The van der Waals surface area contributed by atoms with E-state index in [2.05, 4.69) is 25.3 Å². The number of anilines is 2. The number of rotatable bonds is 8. The molecule has 0 saturated heterocycles. The van der Waals surface area contributed by atoms with E-state index in [0.717, 1.165) is 18.9 Å². The normalized spacial score (nSPS) is 17.9. The summed E-state index contributed by atoms with van der Waals surface area (Å²) >= 11 is 0. The fraction of sp³-hybridized carbons (Fsp3) is 0.769. The number of hydrogen-bond acceptors (Lipinski definition) is 7. The molecule has 1 aromatic rings. The zero-order valence-corrected chi connectivity index (χ0v) is 11.9. The van der Waals surface area contributed by atoms with E-state index in [1.807, 2.05) is 6.92 Å². The van der Waals surface area contributed by atoms with E-state index >= 15 is 0 Å². The molecule has 3 rings (SSSR count). The Bertz CT molecular complexity index is 460. The van der Waals surface area contributed by atoms with E-state index < -0.39 is 0 Å². The molecule has 2 aliphatic carbocycles. The lowest BCUT2D eigenvalue weighted by molar-refractivity contribution is 0.291. The third-order valence-electron chi connectivity index (χ3n) is 3.56. The molecular formula is C13H22N6O. The first-order valence-electron chi connectivity index (χ1n) is 7.42. The highest BCUT2D eigenvalue weighted by Crippen LogP contribution is 2.36. The first-order chi connectivity index (χ1) is 9.80. The van der Waals surface area contributed by atoms with Gasteiger partial charge in [-0.2, -0.15) is 15.0 Å².